The zero-order chi connectivity index (χ0) is 16.1. The van der Waals surface area contributed by atoms with Gasteiger partial charge in [-0.05, 0) is 18.2 Å². The van der Waals surface area contributed by atoms with E-state index in [0.29, 0.717) is 37.8 Å². The molecule has 0 bridgehead atoms. The standard InChI is InChI=1S/C16H19N3O4/c1-21-12-4-2-3-11(7-12)14-8-15(19-18-14)16(20)17-9-13-10-22-5-6-23-13/h2-4,7-8,13H,5-6,9-10H2,1H3,(H,17,20)(H,18,19)/t13-/m1/s1. The minimum absolute atomic E-state index is 0.103. The summed E-state index contributed by atoms with van der Waals surface area (Å²) in [6.07, 6.45) is -0.103. The molecule has 3 rings (SSSR count). The van der Waals surface area contributed by atoms with Gasteiger partial charge in [-0.2, -0.15) is 5.10 Å². The van der Waals surface area contributed by atoms with E-state index < -0.39 is 0 Å². The summed E-state index contributed by atoms with van der Waals surface area (Å²) in [6, 6.07) is 9.22. The van der Waals surface area contributed by atoms with Crippen LogP contribution >= 0.6 is 0 Å². The van der Waals surface area contributed by atoms with Crippen LogP contribution in [0.5, 0.6) is 5.75 Å². The van der Waals surface area contributed by atoms with Gasteiger partial charge in [-0.25, -0.2) is 0 Å². The van der Waals surface area contributed by atoms with E-state index in [1.165, 1.54) is 0 Å². The van der Waals surface area contributed by atoms with Gasteiger partial charge in [0.15, 0.2) is 0 Å². The second-order valence-corrected chi connectivity index (χ2v) is 5.18. The second kappa shape index (κ2) is 7.26. The number of hydrogen-bond acceptors (Lipinski definition) is 5. The average molecular weight is 317 g/mol. The molecule has 1 aliphatic rings. The van der Waals surface area contributed by atoms with Crippen LogP contribution in [0.3, 0.4) is 0 Å². The number of hydrogen-bond donors (Lipinski definition) is 2. The molecular weight excluding hydrogens is 298 g/mol. The number of rotatable bonds is 5. The lowest BCUT2D eigenvalue weighted by Crippen LogP contribution is -2.39. The summed E-state index contributed by atoms with van der Waals surface area (Å²) < 4.78 is 16.0. The summed E-state index contributed by atoms with van der Waals surface area (Å²) in [5.74, 6) is 0.520. The minimum atomic E-state index is -0.221. The highest BCUT2D eigenvalue weighted by Crippen LogP contribution is 2.22. The van der Waals surface area contributed by atoms with Gasteiger partial charge in [-0.1, -0.05) is 12.1 Å². The maximum atomic E-state index is 12.2. The molecule has 7 heteroatoms. The highest BCUT2D eigenvalue weighted by Gasteiger charge is 2.17. The Balaban J connectivity index is 1.62. The van der Waals surface area contributed by atoms with E-state index in [9.17, 15) is 4.79 Å². The van der Waals surface area contributed by atoms with Gasteiger partial charge in [0.25, 0.3) is 5.91 Å². The number of benzene rings is 1. The number of nitrogens with one attached hydrogen (secondary N) is 2. The average Bonchev–Trinajstić information content (AvgIpc) is 3.11. The molecule has 1 aromatic heterocycles. The molecule has 1 saturated heterocycles. The van der Waals surface area contributed by atoms with Crippen LogP contribution in [0.25, 0.3) is 11.3 Å². The lowest BCUT2D eigenvalue weighted by Gasteiger charge is -2.22. The van der Waals surface area contributed by atoms with Crippen LogP contribution < -0.4 is 10.1 Å². The number of H-pyrrole nitrogens is 1. The number of amides is 1. The number of aromatic nitrogens is 2. The third-order valence-corrected chi connectivity index (χ3v) is 3.56. The Morgan fingerprint density at radius 1 is 1.43 bits per heavy atom. The molecule has 1 fully saturated rings. The van der Waals surface area contributed by atoms with Crippen LogP contribution in [0.15, 0.2) is 30.3 Å². The first-order valence-corrected chi connectivity index (χ1v) is 7.43. The Labute approximate surface area is 133 Å². The predicted molar refractivity (Wildman–Crippen MR) is 83.5 cm³/mol. The molecule has 1 atom stereocenters. The number of methoxy groups -OCH3 is 1. The zero-order valence-corrected chi connectivity index (χ0v) is 12.9. The van der Waals surface area contributed by atoms with E-state index in [1.807, 2.05) is 24.3 Å². The van der Waals surface area contributed by atoms with Crippen LogP contribution in [0, 0.1) is 0 Å². The number of ether oxygens (including phenoxy) is 3. The van der Waals surface area contributed by atoms with Crippen molar-refractivity contribution >= 4 is 5.91 Å². The Hall–Kier alpha value is -2.38. The minimum Gasteiger partial charge on any atom is -0.497 e. The fourth-order valence-electron chi connectivity index (χ4n) is 2.32. The fraction of sp³-hybridized carbons (Fsp3) is 0.375. The van der Waals surface area contributed by atoms with E-state index in [0.717, 1.165) is 11.3 Å². The van der Waals surface area contributed by atoms with Gasteiger partial charge in [0.05, 0.1) is 38.7 Å². The highest BCUT2D eigenvalue weighted by molar-refractivity contribution is 5.93. The second-order valence-electron chi connectivity index (χ2n) is 5.18. The van der Waals surface area contributed by atoms with Crippen molar-refractivity contribution in [2.75, 3.05) is 33.5 Å². The Morgan fingerprint density at radius 2 is 2.35 bits per heavy atom. The molecule has 2 aromatic rings. The fourth-order valence-corrected chi connectivity index (χ4v) is 2.32. The lowest BCUT2D eigenvalue weighted by atomic mass is 10.1. The Morgan fingerprint density at radius 3 is 3.13 bits per heavy atom. The van der Waals surface area contributed by atoms with E-state index in [4.69, 9.17) is 14.2 Å². The summed E-state index contributed by atoms with van der Waals surface area (Å²) in [7, 11) is 1.61. The summed E-state index contributed by atoms with van der Waals surface area (Å²) in [5, 5.41) is 9.75. The molecule has 1 amide bonds. The highest BCUT2D eigenvalue weighted by atomic mass is 16.6. The summed E-state index contributed by atoms with van der Waals surface area (Å²) >= 11 is 0. The molecule has 2 N–H and O–H groups in total. The van der Waals surface area contributed by atoms with E-state index in [2.05, 4.69) is 15.5 Å². The van der Waals surface area contributed by atoms with Gasteiger partial charge in [0, 0.05) is 12.1 Å². The first kappa shape index (κ1) is 15.5. The van der Waals surface area contributed by atoms with Crippen LogP contribution in [0.1, 0.15) is 10.5 Å². The van der Waals surface area contributed by atoms with E-state index in [1.54, 1.807) is 13.2 Å². The maximum absolute atomic E-state index is 12.2. The Kier molecular flexibility index (Phi) is 4.89. The van der Waals surface area contributed by atoms with Crippen LogP contribution in [-0.4, -0.2) is 55.7 Å². The number of nitrogens with zero attached hydrogens (tertiary/aromatic N) is 1. The molecule has 2 heterocycles. The molecule has 1 aromatic carbocycles. The molecule has 0 spiro atoms. The molecule has 1 aliphatic heterocycles. The molecule has 0 radical (unpaired) electrons. The van der Waals surface area contributed by atoms with Crippen molar-refractivity contribution < 1.29 is 19.0 Å². The van der Waals surface area contributed by atoms with Crippen molar-refractivity contribution in [1.82, 2.24) is 15.5 Å². The van der Waals surface area contributed by atoms with Crippen molar-refractivity contribution in [2.45, 2.75) is 6.10 Å². The van der Waals surface area contributed by atoms with Crippen molar-refractivity contribution in [3.05, 3.63) is 36.0 Å². The van der Waals surface area contributed by atoms with Crippen LogP contribution in [0.4, 0.5) is 0 Å². The van der Waals surface area contributed by atoms with Gasteiger partial charge in [-0.3, -0.25) is 9.89 Å². The lowest BCUT2D eigenvalue weighted by molar-refractivity contribution is -0.0855. The zero-order valence-electron chi connectivity index (χ0n) is 12.9. The molecule has 23 heavy (non-hydrogen) atoms. The van der Waals surface area contributed by atoms with Crippen molar-refractivity contribution in [1.29, 1.82) is 0 Å². The molecule has 0 aliphatic carbocycles. The van der Waals surface area contributed by atoms with Gasteiger partial charge in [0.1, 0.15) is 11.4 Å². The molecule has 0 saturated carbocycles. The number of aromatic amines is 1. The van der Waals surface area contributed by atoms with Crippen molar-refractivity contribution in [3.8, 4) is 17.0 Å². The van der Waals surface area contributed by atoms with E-state index >= 15 is 0 Å². The maximum Gasteiger partial charge on any atom is 0.269 e. The first-order chi connectivity index (χ1) is 11.3. The van der Waals surface area contributed by atoms with Crippen molar-refractivity contribution in [3.63, 3.8) is 0 Å². The molecule has 0 unspecified atom stereocenters. The normalized spacial score (nSPS) is 17.7. The summed E-state index contributed by atoms with van der Waals surface area (Å²) in [5.41, 5.74) is 1.97. The monoisotopic (exact) mass is 317 g/mol. The summed E-state index contributed by atoms with van der Waals surface area (Å²) in [6.45, 7) is 2.07. The summed E-state index contributed by atoms with van der Waals surface area (Å²) in [4.78, 5) is 12.2. The predicted octanol–water partition coefficient (Wildman–Crippen LogP) is 1.23. The Bertz CT molecular complexity index is 665. The molecule has 7 nitrogen and oxygen atoms in total. The third kappa shape index (κ3) is 3.88. The largest absolute Gasteiger partial charge is 0.497 e. The van der Waals surface area contributed by atoms with Gasteiger partial charge in [-0.15, -0.1) is 0 Å². The topological polar surface area (TPSA) is 85.5 Å². The van der Waals surface area contributed by atoms with Crippen LogP contribution in [0.2, 0.25) is 0 Å². The van der Waals surface area contributed by atoms with Gasteiger partial charge < -0.3 is 19.5 Å². The smallest absolute Gasteiger partial charge is 0.269 e. The first-order valence-electron chi connectivity index (χ1n) is 7.43. The number of carbonyl (C=O) groups excluding carboxylic acids is 1. The van der Waals surface area contributed by atoms with Crippen molar-refractivity contribution in [2.24, 2.45) is 0 Å². The number of carbonyl (C=O) groups is 1. The molecule has 122 valence electrons. The SMILES string of the molecule is COc1cccc(-c2cc(C(=O)NC[C@@H]3COCCO3)[nH]n2)c1. The van der Waals surface area contributed by atoms with E-state index in [-0.39, 0.29) is 12.0 Å². The molecular formula is C16H19N3O4. The quantitative estimate of drug-likeness (QED) is 0.866. The van der Waals surface area contributed by atoms with Gasteiger partial charge >= 0.3 is 0 Å². The van der Waals surface area contributed by atoms with Gasteiger partial charge in [0.2, 0.25) is 0 Å². The van der Waals surface area contributed by atoms with Crippen LogP contribution in [-0.2, 0) is 9.47 Å². The third-order valence-electron chi connectivity index (χ3n) is 3.56.